The first-order valence-corrected chi connectivity index (χ1v) is 7.77. The molecule has 2 aromatic rings. The highest BCUT2D eigenvalue weighted by atomic mass is 16.6. The molecule has 6 nitrogen and oxygen atoms in total. The Bertz CT molecular complexity index is 984. The van der Waals surface area contributed by atoms with Crippen LogP contribution in [0.1, 0.15) is 52.6 Å². The van der Waals surface area contributed by atoms with Crippen LogP contribution in [0.3, 0.4) is 0 Å². The molecule has 126 valence electrons. The molecule has 2 heterocycles. The van der Waals surface area contributed by atoms with Gasteiger partial charge in [0, 0.05) is 12.8 Å². The lowest BCUT2D eigenvalue weighted by Gasteiger charge is -1.98. The maximum atomic E-state index is 11.5. The van der Waals surface area contributed by atoms with Crippen molar-refractivity contribution in [3.05, 3.63) is 69.8 Å². The third-order valence-electron chi connectivity index (χ3n) is 4.13. The molecule has 0 saturated carbocycles. The molecular weight excluding hydrogens is 336 g/mol. The fraction of sp³-hybridized carbons (Fsp3) is 0.100. The lowest BCUT2D eigenvalue weighted by atomic mass is 10.0. The largest absolute Gasteiger partial charge is 0.386 e. The number of ether oxygens (including phenoxy) is 2. The third kappa shape index (κ3) is 2.66. The average molecular weight is 346 g/mol. The predicted octanol–water partition coefficient (Wildman–Crippen LogP) is 2.10. The Morgan fingerprint density at radius 2 is 0.962 bits per heavy atom. The number of hydrogen-bond acceptors (Lipinski definition) is 6. The van der Waals surface area contributed by atoms with Gasteiger partial charge in [0.15, 0.2) is 0 Å². The van der Waals surface area contributed by atoms with Crippen molar-refractivity contribution in [3.63, 3.8) is 0 Å². The van der Waals surface area contributed by atoms with E-state index < -0.39 is 23.9 Å². The van der Waals surface area contributed by atoms with Crippen LogP contribution in [-0.2, 0) is 22.3 Å². The molecule has 6 heteroatoms. The van der Waals surface area contributed by atoms with Gasteiger partial charge in [0.05, 0.1) is 22.3 Å². The second-order valence-electron chi connectivity index (χ2n) is 5.82. The van der Waals surface area contributed by atoms with Crippen LogP contribution in [-0.4, -0.2) is 23.9 Å². The Morgan fingerprint density at radius 1 is 0.577 bits per heavy atom. The van der Waals surface area contributed by atoms with Gasteiger partial charge in [0.1, 0.15) is 0 Å². The Hall–Kier alpha value is -3.72. The van der Waals surface area contributed by atoms with Crippen LogP contribution in [0.15, 0.2) is 36.4 Å². The SMILES string of the molecule is O=C1OC(=O)c2cc(CC#CCc3ccc4c(c3)C(=O)OC4=O)ccc21. The van der Waals surface area contributed by atoms with Gasteiger partial charge in [-0.25, -0.2) is 19.2 Å². The van der Waals surface area contributed by atoms with Crippen LogP contribution in [0, 0.1) is 11.8 Å². The second kappa shape index (κ2) is 5.97. The first-order chi connectivity index (χ1) is 12.5. The normalized spacial score (nSPS) is 14.3. The van der Waals surface area contributed by atoms with Crippen LogP contribution in [0.2, 0.25) is 0 Å². The minimum Gasteiger partial charge on any atom is -0.386 e. The summed E-state index contributed by atoms with van der Waals surface area (Å²) in [5.41, 5.74) is 2.65. The van der Waals surface area contributed by atoms with Crippen LogP contribution in [0.5, 0.6) is 0 Å². The molecule has 0 amide bonds. The molecule has 0 aliphatic carbocycles. The van der Waals surface area contributed by atoms with Crippen molar-refractivity contribution >= 4 is 23.9 Å². The van der Waals surface area contributed by atoms with Gasteiger partial charge in [-0.1, -0.05) is 24.0 Å². The van der Waals surface area contributed by atoms with Crippen molar-refractivity contribution in [1.29, 1.82) is 0 Å². The van der Waals surface area contributed by atoms with Crippen molar-refractivity contribution in [2.45, 2.75) is 12.8 Å². The van der Waals surface area contributed by atoms with Gasteiger partial charge >= 0.3 is 23.9 Å². The molecule has 0 atom stereocenters. The smallest absolute Gasteiger partial charge is 0.346 e. The predicted molar refractivity (Wildman–Crippen MR) is 87.6 cm³/mol. The average Bonchev–Trinajstić information content (AvgIpc) is 3.07. The quantitative estimate of drug-likeness (QED) is 0.470. The van der Waals surface area contributed by atoms with Crippen molar-refractivity contribution in [1.82, 2.24) is 0 Å². The lowest BCUT2D eigenvalue weighted by Crippen LogP contribution is -1.97. The van der Waals surface area contributed by atoms with Gasteiger partial charge in [0.2, 0.25) is 0 Å². The minimum atomic E-state index is -0.639. The van der Waals surface area contributed by atoms with Gasteiger partial charge < -0.3 is 9.47 Å². The van der Waals surface area contributed by atoms with Crippen molar-refractivity contribution in [2.75, 3.05) is 0 Å². The molecule has 0 aromatic heterocycles. The first-order valence-electron chi connectivity index (χ1n) is 7.77. The summed E-state index contributed by atoms with van der Waals surface area (Å²) in [5, 5.41) is 0. The number of carbonyl (C=O) groups excluding carboxylic acids is 4. The Labute approximate surface area is 147 Å². The maximum Gasteiger partial charge on any atom is 0.346 e. The van der Waals surface area contributed by atoms with Gasteiger partial charge in [0.25, 0.3) is 0 Å². The van der Waals surface area contributed by atoms with Crippen LogP contribution in [0.4, 0.5) is 0 Å². The molecule has 0 spiro atoms. The third-order valence-corrected chi connectivity index (χ3v) is 4.13. The monoisotopic (exact) mass is 346 g/mol. The number of benzene rings is 2. The Kier molecular flexibility index (Phi) is 3.63. The summed E-state index contributed by atoms with van der Waals surface area (Å²) < 4.78 is 9.09. The van der Waals surface area contributed by atoms with E-state index in [9.17, 15) is 19.2 Å². The van der Waals surface area contributed by atoms with E-state index in [1.165, 1.54) is 0 Å². The molecular formula is C20H10O6. The summed E-state index contributed by atoms with van der Waals surface area (Å²) in [5.74, 6) is 3.43. The molecule has 2 aliphatic heterocycles. The molecule has 2 aliphatic rings. The van der Waals surface area contributed by atoms with Gasteiger partial charge in [-0.15, -0.1) is 0 Å². The van der Waals surface area contributed by atoms with E-state index in [0.29, 0.717) is 12.8 Å². The summed E-state index contributed by atoms with van der Waals surface area (Å²) in [6.07, 6.45) is 0.806. The maximum absolute atomic E-state index is 11.5. The fourth-order valence-electron chi connectivity index (χ4n) is 2.81. The Balaban J connectivity index is 1.46. The van der Waals surface area contributed by atoms with Gasteiger partial charge in [-0.3, -0.25) is 0 Å². The summed E-state index contributed by atoms with van der Waals surface area (Å²) in [6.45, 7) is 0. The highest BCUT2D eigenvalue weighted by Crippen LogP contribution is 2.22. The van der Waals surface area contributed by atoms with E-state index in [1.54, 1.807) is 36.4 Å². The molecule has 0 fully saturated rings. The van der Waals surface area contributed by atoms with Crippen molar-refractivity contribution < 1.29 is 28.7 Å². The topological polar surface area (TPSA) is 86.7 Å². The van der Waals surface area contributed by atoms with E-state index in [1.807, 2.05) is 0 Å². The number of cyclic esters (lactones) is 4. The summed E-state index contributed by atoms with van der Waals surface area (Å²) in [4.78, 5) is 45.9. The summed E-state index contributed by atoms with van der Waals surface area (Å²) in [6, 6.07) is 9.78. The molecule has 4 rings (SSSR count). The van der Waals surface area contributed by atoms with E-state index in [-0.39, 0.29) is 22.3 Å². The van der Waals surface area contributed by atoms with Crippen molar-refractivity contribution in [3.8, 4) is 11.8 Å². The summed E-state index contributed by atoms with van der Waals surface area (Å²) >= 11 is 0. The highest BCUT2D eigenvalue weighted by molar-refractivity contribution is 6.15. The zero-order valence-electron chi connectivity index (χ0n) is 13.3. The number of rotatable bonds is 2. The lowest BCUT2D eigenvalue weighted by molar-refractivity contribution is 0.0425. The van der Waals surface area contributed by atoms with Crippen molar-refractivity contribution in [2.24, 2.45) is 0 Å². The number of hydrogen-bond donors (Lipinski definition) is 0. The van der Waals surface area contributed by atoms with E-state index in [2.05, 4.69) is 21.3 Å². The van der Waals surface area contributed by atoms with E-state index in [0.717, 1.165) is 11.1 Å². The molecule has 26 heavy (non-hydrogen) atoms. The van der Waals surface area contributed by atoms with E-state index in [4.69, 9.17) is 0 Å². The van der Waals surface area contributed by atoms with Gasteiger partial charge in [-0.2, -0.15) is 0 Å². The Morgan fingerprint density at radius 3 is 1.38 bits per heavy atom. The standard InChI is InChI=1S/C20H10O6/c21-17-13-7-5-11(9-15(13)19(23)25-17)3-1-2-4-12-6-8-14-16(10-12)20(24)26-18(14)22/h5-10H,3-4H2. The number of fused-ring (bicyclic) bond motifs is 2. The molecule has 0 unspecified atom stereocenters. The molecule has 0 N–H and O–H groups in total. The zero-order valence-corrected chi connectivity index (χ0v) is 13.3. The molecule has 0 radical (unpaired) electrons. The van der Waals surface area contributed by atoms with Gasteiger partial charge in [-0.05, 0) is 35.4 Å². The van der Waals surface area contributed by atoms with Crippen LogP contribution >= 0.6 is 0 Å². The first kappa shape index (κ1) is 15.8. The molecule has 0 saturated heterocycles. The minimum absolute atomic E-state index is 0.260. The fourth-order valence-corrected chi connectivity index (χ4v) is 2.81. The number of esters is 4. The van der Waals surface area contributed by atoms with Crippen LogP contribution in [0.25, 0.3) is 0 Å². The second-order valence-corrected chi connectivity index (χ2v) is 5.82. The zero-order chi connectivity index (χ0) is 18.3. The summed E-state index contributed by atoms with van der Waals surface area (Å²) in [7, 11) is 0. The van der Waals surface area contributed by atoms with Crippen LogP contribution < -0.4 is 0 Å². The molecule has 2 aromatic carbocycles. The molecule has 0 bridgehead atoms. The van der Waals surface area contributed by atoms with E-state index >= 15 is 0 Å². The highest BCUT2D eigenvalue weighted by Gasteiger charge is 2.30. The number of carbonyl (C=O) groups is 4.